The molecule has 0 aliphatic carbocycles. The zero-order valence-corrected chi connectivity index (χ0v) is 24.6. The number of nitrogens with zero attached hydrogens (tertiary/aromatic N) is 2. The van der Waals surface area contributed by atoms with E-state index in [4.69, 9.17) is 0 Å². The molecule has 2 unspecified atom stereocenters. The lowest BCUT2D eigenvalue weighted by Gasteiger charge is -2.31. The first-order valence-electron chi connectivity index (χ1n) is 14.9. The Hall–Kier alpha value is -3.43. The minimum atomic E-state index is -0.847. The Labute approximate surface area is 243 Å². The van der Waals surface area contributed by atoms with Crippen LogP contribution in [0.2, 0.25) is 0 Å². The normalized spacial score (nSPS) is 17.2. The van der Waals surface area contributed by atoms with Crippen molar-refractivity contribution in [3.63, 3.8) is 0 Å². The van der Waals surface area contributed by atoms with Crippen LogP contribution in [0.15, 0.2) is 48.5 Å². The zero-order valence-electron chi connectivity index (χ0n) is 24.6. The van der Waals surface area contributed by atoms with Crippen LogP contribution in [0.5, 0.6) is 0 Å². The van der Waals surface area contributed by atoms with E-state index >= 15 is 0 Å². The summed E-state index contributed by atoms with van der Waals surface area (Å²) in [5, 5.41) is 21.0. The first kappa shape index (κ1) is 30.5. The van der Waals surface area contributed by atoms with Crippen LogP contribution < -0.4 is 20.9 Å². The number of likely N-dealkylation sites (tertiary alicyclic amines) is 1. The van der Waals surface area contributed by atoms with Crippen LogP contribution >= 0.6 is 0 Å². The highest BCUT2D eigenvalue weighted by Crippen LogP contribution is 2.27. The molecule has 0 spiro atoms. The third kappa shape index (κ3) is 8.53. The average Bonchev–Trinajstić information content (AvgIpc) is 3.55. The molecule has 2 aliphatic rings. The fourth-order valence-corrected chi connectivity index (χ4v) is 5.67. The maximum atomic E-state index is 13.6. The molecule has 222 valence electrons. The molecule has 4 N–H and O–H groups in total. The molecule has 2 saturated heterocycles. The van der Waals surface area contributed by atoms with Crippen molar-refractivity contribution in [3.05, 3.63) is 59.7 Å². The Kier molecular flexibility index (Phi) is 10.4. The quantitative estimate of drug-likeness (QED) is 0.281. The molecule has 0 saturated carbocycles. The van der Waals surface area contributed by atoms with Crippen molar-refractivity contribution in [2.45, 2.75) is 65.0 Å². The van der Waals surface area contributed by atoms with Gasteiger partial charge in [0.15, 0.2) is 0 Å². The molecule has 2 aromatic rings. The first-order valence-corrected chi connectivity index (χ1v) is 14.9. The van der Waals surface area contributed by atoms with E-state index < -0.39 is 12.1 Å². The van der Waals surface area contributed by atoms with Crippen molar-refractivity contribution in [2.24, 2.45) is 5.41 Å². The minimum Gasteiger partial charge on any atom is -0.390 e. The zero-order chi connectivity index (χ0) is 29.4. The van der Waals surface area contributed by atoms with Crippen LogP contribution in [-0.4, -0.2) is 79.1 Å². The second kappa shape index (κ2) is 14.0. The second-order valence-corrected chi connectivity index (χ2v) is 12.0. The van der Waals surface area contributed by atoms with E-state index in [2.05, 4.69) is 29.8 Å². The SMILES string of the molecule is CCNc1cc(C(=O)NC(Cc2ccccc2)C(O)CNCC(C)(C)CN2CCCC2=O)cc(N2CCCC2=O)c1. The molecule has 2 aliphatic heterocycles. The van der Waals surface area contributed by atoms with E-state index in [1.54, 1.807) is 17.0 Å². The van der Waals surface area contributed by atoms with E-state index in [1.807, 2.05) is 48.2 Å². The summed E-state index contributed by atoms with van der Waals surface area (Å²) < 4.78 is 0. The van der Waals surface area contributed by atoms with E-state index in [0.29, 0.717) is 63.2 Å². The Morgan fingerprint density at radius 2 is 1.76 bits per heavy atom. The molecule has 0 aromatic heterocycles. The van der Waals surface area contributed by atoms with Crippen molar-refractivity contribution in [3.8, 4) is 0 Å². The molecule has 9 heteroatoms. The van der Waals surface area contributed by atoms with Gasteiger partial charge in [0.2, 0.25) is 11.8 Å². The second-order valence-electron chi connectivity index (χ2n) is 12.0. The number of amides is 3. The highest BCUT2D eigenvalue weighted by molar-refractivity contribution is 6.00. The smallest absolute Gasteiger partial charge is 0.251 e. The molecular weight excluding hydrogens is 518 g/mol. The summed E-state index contributed by atoms with van der Waals surface area (Å²) in [6.07, 6.45) is 2.46. The van der Waals surface area contributed by atoms with E-state index in [9.17, 15) is 19.5 Å². The van der Waals surface area contributed by atoms with Gasteiger partial charge in [-0.15, -0.1) is 0 Å². The van der Waals surface area contributed by atoms with Gasteiger partial charge in [-0.1, -0.05) is 44.2 Å². The average molecular weight is 564 g/mol. The number of benzene rings is 2. The minimum absolute atomic E-state index is 0.0606. The Bertz CT molecular complexity index is 1200. The highest BCUT2D eigenvalue weighted by atomic mass is 16.3. The van der Waals surface area contributed by atoms with Gasteiger partial charge in [0.25, 0.3) is 5.91 Å². The third-order valence-electron chi connectivity index (χ3n) is 7.77. The van der Waals surface area contributed by atoms with E-state index in [0.717, 1.165) is 30.6 Å². The van der Waals surface area contributed by atoms with Crippen molar-refractivity contribution >= 4 is 29.1 Å². The van der Waals surface area contributed by atoms with Gasteiger partial charge in [0, 0.05) is 69.0 Å². The summed E-state index contributed by atoms with van der Waals surface area (Å²) in [6, 6.07) is 14.7. The molecular formula is C32H45N5O4. The van der Waals surface area contributed by atoms with E-state index in [1.165, 1.54) is 0 Å². The number of nitrogens with one attached hydrogen (secondary N) is 3. The fourth-order valence-electron chi connectivity index (χ4n) is 5.67. The lowest BCUT2D eigenvalue weighted by atomic mass is 9.92. The number of hydrogen-bond donors (Lipinski definition) is 4. The largest absolute Gasteiger partial charge is 0.390 e. The predicted octanol–water partition coefficient (Wildman–Crippen LogP) is 3.19. The predicted molar refractivity (Wildman–Crippen MR) is 162 cm³/mol. The molecule has 2 heterocycles. The maximum absolute atomic E-state index is 13.6. The van der Waals surface area contributed by atoms with Gasteiger partial charge in [-0.2, -0.15) is 0 Å². The summed E-state index contributed by atoms with van der Waals surface area (Å²) in [5.41, 5.74) is 2.77. The fraction of sp³-hybridized carbons (Fsp3) is 0.531. The Balaban J connectivity index is 1.45. The van der Waals surface area contributed by atoms with Crippen molar-refractivity contribution in [1.82, 2.24) is 15.5 Å². The maximum Gasteiger partial charge on any atom is 0.251 e. The number of aliphatic hydroxyl groups excluding tert-OH is 1. The third-order valence-corrected chi connectivity index (χ3v) is 7.77. The summed E-state index contributed by atoms with van der Waals surface area (Å²) in [7, 11) is 0. The number of hydrogen-bond acceptors (Lipinski definition) is 6. The Morgan fingerprint density at radius 3 is 2.41 bits per heavy atom. The summed E-state index contributed by atoms with van der Waals surface area (Å²) in [4.78, 5) is 41.8. The molecule has 0 bridgehead atoms. The number of carbonyl (C=O) groups is 3. The van der Waals surface area contributed by atoms with Gasteiger partial charge >= 0.3 is 0 Å². The molecule has 41 heavy (non-hydrogen) atoms. The first-order chi connectivity index (χ1) is 19.6. The van der Waals surface area contributed by atoms with Crippen LogP contribution in [0.1, 0.15) is 62.4 Å². The van der Waals surface area contributed by atoms with Gasteiger partial charge < -0.3 is 30.9 Å². The molecule has 0 radical (unpaired) electrons. The van der Waals surface area contributed by atoms with Crippen LogP contribution in [0.25, 0.3) is 0 Å². The standard InChI is InChI=1S/C32H45N5O4/c1-4-34-25-17-24(18-26(19-25)37-15-9-13-30(37)40)31(41)35-27(16-23-10-6-5-7-11-23)28(38)20-33-21-32(2,3)22-36-14-8-12-29(36)39/h5-7,10-11,17-19,27-28,33-34,38H,4,8-9,12-16,20-22H2,1-3H3,(H,35,41). The number of aliphatic hydroxyl groups is 1. The van der Waals surface area contributed by atoms with Gasteiger partial charge in [0.05, 0.1) is 12.1 Å². The lowest BCUT2D eigenvalue weighted by Crippen LogP contribution is -2.50. The molecule has 2 atom stereocenters. The molecule has 9 nitrogen and oxygen atoms in total. The summed E-state index contributed by atoms with van der Waals surface area (Å²) in [6.45, 7) is 9.92. The van der Waals surface area contributed by atoms with Crippen molar-refractivity contribution in [1.29, 1.82) is 0 Å². The Morgan fingerprint density at radius 1 is 1.02 bits per heavy atom. The highest BCUT2D eigenvalue weighted by Gasteiger charge is 2.29. The molecule has 2 aromatic carbocycles. The van der Waals surface area contributed by atoms with Gasteiger partial charge in [-0.25, -0.2) is 0 Å². The summed E-state index contributed by atoms with van der Waals surface area (Å²) >= 11 is 0. The number of carbonyl (C=O) groups excluding carboxylic acids is 3. The topological polar surface area (TPSA) is 114 Å². The molecule has 3 amide bonds. The van der Waals surface area contributed by atoms with Crippen molar-refractivity contribution in [2.75, 3.05) is 49.5 Å². The van der Waals surface area contributed by atoms with Gasteiger partial charge in [-0.3, -0.25) is 14.4 Å². The van der Waals surface area contributed by atoms with Crippen LogP contribution in [0.4, 0.5) is 11.4 Å². The van der Waals surface area contributed by atoms with Crippen LogP contribution in [-0.2, 0) is 16.0 Å². The van der Waals surface area contributed by atoms with Crippen LogP contribution in [0, 0.1) is 5.41 Å². The molecule has 4 rings (SSSR count). The van der Waals surface area contributed by atoms with Crippen molar-refractivity contribution < 1.29 is 19.5 Å². The lowest BCUT2D eigenvalue weighted by molar-refractivity contribution is -0.128. The monoisotopic (exact) mass is 563 g/mol. The van der Waals surface area contributed by atoms with E-state index in [-0.39, 0.29) is 23.1 Å². The van der Waals surface area contributed by atoms with Gasteiger partial charge in [0.1, 0.15) is 0 Å². The number of anilines is 2. The van der Waals surface area contributed by atoms with Gasteiger partial charge in [-0.05, 0) is 55.4 Å². The summed E-state index contributed by atoms with van der Waals surface area (Å²) in [5.74, 6) is -0.0322. The molecule has 2 fully saturated rings. The van der Waals surface area contributed by atoms with Crippen LogP contribution in [0.3, 0.4) is 0 Å². The number of rotatable bonds is 14.